The van der Waals surface area contributed by atoms with Crippen LogP contribution in [0.15, 0.2) is 54.7 Å². The number of terminal acetylenes is 1. The Labute approximate surface area is 198 Å². The maximum absolute atomic E-state index is 13.1. The maximum Gasteiger partial charge on any atom is 0.257 e. The zero-order valence-corrected chi connectivity index (χ0v) is 19.2. The Morgan fingerprint density at radius 3 is 2.41 bits per heavy atom. The zero-order valence-electron chi connectivity index (χ0n) is 19.2. The van der Waals surface area contributed by atoms with Gasteiger partial charge < -0.3 is 20.7 Å². The van der Waals surface area contributed by atoms with Crippen molar-refractivity contribution in [3.63, 3.8) is 0 Å². The molecule has 0 atom stereocenters. The molecule has 8 nitrogen and oxygen atoms in total. The van der Waals surface area contributed by atoms with Crippen molar-refractivity contribution in [2.75, 3.05) is 26.0 Å². The minimum Gasteiger partial charge on any atom is -0.496 e. The van der Waals surface area contributed by atoms with Gasteiger partial charge in [0.15, 0.2) is 0 Å². The molecule has 0 spiro atoms. The number of nitrogens with one attached hydrogen (secondary N) is 2. The monoisotopic (exact) mass is 455 g/mol. The fraction of sp³-hybridized carbons (Fsp3) is 0.154. The lowest BCUT2D eigenvalue weighted by Gasteiger charge is -2.18. The van der Waals surface area contributed by atoms with Crippen molar-refractivity contribution in [3.05, 3.63) is 77.0 Å². The topological polar surface area (TPSA) is 121 Å². The molecule has 0 radical (unpaired) electrons. The summed E-state index contributed by atoms with van der Waals surface area (Å²) in [6.07, 6.45) is 6.80. The number of anilines is 1. The lowest BCUT2D eigenvalue weighted by atomic mass is 9.96. The fourth-order valence-electron chi connectivity index (χ4n) is 3.31. The zero-order chi connectivity index (χ0) is 24.8. The van der Waals surface area contributed by atoms with Crippen molar-refractivity contribution in [1.29, 1.82) is 5.41 Å². The first-order chi connectivity index (χ1) is 16.3. The first-order valence-corrected chi connectivity index (χ1v) is 10.4. The highest BCUT2D eigenvalue weighted by Crippen LogP contribution is 2.31. The number of pyridine rings is 1. The van der Waals surface area contributed by atoms with Gasteiger partial charge in [-0.1, -0.05) is 30.2 Å². The number of hydrogen-bond acceptors (Lipinski definition) is 5. The number of carbonyl (C=O) groups excluding carboxylic acids is 2. The highest BCUT2D eigenvalue weighted by molar-refractivity contribution is 6.13. The van der Waals surface area contributed by atoms with Gasteiger partial charge in [0.2, 0.25) is 0 Å². The third-order valence-electron chi connectivity index (χ3n) is 5.33. The van der Waals surface area contributed by atoms with Crippen molar-refractivity contribution in [1.82, 2.24) is 9.88 Å². The Morgan fingerprint density at radius 2 is 1.88 bits per heavy atom. The number of aromatic nitrogens is 1. The second-order valence-corrected chi connectivity index (χ2v) is 7.44. The Hall–Kier alpha value is -4.64. The number of ether oxygens (including phenoxy) is 1. The van der Waals surface area contributed by atoms with Crippen molar-refractivity contribution in [3.8, 4) is 29.2 Å². The summed E-state index contributed by atoms with van der Waals surface area (Å²) in [5, 5.41) is 10.9. The molecule has 0 aliphatic heterocycles. The Kier molecular flexibility index (Phi) is 7.29. The molecule has 34 heavy (non-hydrogen) atoms. The van der Waals surface area contributed by atoms with Crippen LogP contribution in [0.2, 0.25) is 0 Å². The van der Waals surface area contributed by atoms with E-state index in [1.54, 1.807) is 24.3 Å². The molecule has 1 aromatic heterocycles. The second kappa shape index (κ2) is 10.3. The molecule has 2 amide bonds. The van der Waals surface area contributed by atoms with Crippen molar-refractivity contribution < 1.29 is 14.3 Å². The van der Waals surface area contributed by atoms with Crippen LogP contribution in [-0.4, -0.2) is 48.2 Å². The van der Waals surface area contributed by atoms with Crippen LogP contribution in [-0.2, 0) is 0 Å². The highest BCUT2D eigenvalue weighted by Gasteiger charge is 2.22. The van der Waals surface area contributed by atoms with E-state index >= 15 is 0 Å². The van der Waals surface area contributed by atoms with Crippen LogP contribution in [0.5, 0.6) is 5.75 Å². The van der Waals surface area contributed by atoms with Crippen LogP contribution in [0.25, 0.3) is 11.1 Å². The summed E-state index contributed by atoms with van der Waals surface area (Å²) >= 11 is 0. The smallest absolute Gasteiger partial charge is 0.257 e. The molecule has 0 fully saturated rings. The van der Waals surface area contributed by atoms with Gasteiger partial charge in [0.25, 0.3) is 11.8 Å². The molecular weight excluding hydrogens is 430 g/mol. The first-order valence-electron chi connectivity index (χ1n) is 10.4. The molecule has 172 valence electrons. The van der Waals surface area contributed by atoms with Gasteiger partial charge in [0.05, 0.1) is 18.2 Å². The molecule has 0 bridgehead atoms. The summed E-state index contributed by atoms with van der Waals surface area (Å²) in [6.45, 7) is 2.69. The molecule has 1 heterocycles. The van der Waals surface area contributed by atoms with E-state index in [1.807, 2.05) is 43.1 Å². The number of methoxy groups -OCH3 is 1. The summed E-state index contributed by atoms with van der Waals surface area (Å²) < 4.78 is 5.39. The van der Waals surface area contributed by atoms with E-state index in [0.717, 1.165) is 11.1 Å². The predicted molar refractivity (Wildman–Crippen MR) is 132 cm³/mol. The normalized spacial score (nSPS) is 10.2. The van der Waals surface area contributed by atoms with Gasteiger partial charge in [-0.05, 0) is 42.3 Å². The SMILES string of the molecule is C#Cc1ccc(NC(=O)c2cc(-c3ccc(C(=N)N(C)CC)cc3)cc(OC)c2C(N)=O)nc1. The molecule has 4 N–H and O–H groups in total. The fourth-order valence-corrected chi connectivity index (χ4v) is 3.31. The molecule has 2 aromatic carbocycles. The number of nitrogens with zero attached hydrogens (tertiary/aromatic N) is 2. The third-order valence-corrected chi connectivity index (χ3v) is 5.33. The van der Waals surface area contributed by atoms with Crippen LogP contribution < -0.4 is 15.8 Å². The average Bonchev–Trinajstić information content (AvgIpc) is 2.87. The van der Waals surface area contributed by atoms with Gasteiger partial charge in [0, 0.05) is 30.9 Å². The van der Waals surface area contributed by atoms with Crippen molar-refractivity contribution in [2.45, 2.75) is 6.92 Å². The average molecular weight is 456 g/mol. The van der Waals surface area contributed by atoms with E-state index in [4.69, 9.17) is 22.3 Å². The van der Waals surface area contributed by atoms with Gasteiger partial charge >= 0.3 is 0 Å². The summed E-state index contributed by atoms with van der Waals surface area (Å²) in [6, 6.07) is 13.8. The molecular formula is C26H25N5O3. The summed E-state index contributed by atoms with van der Waals surface area (Å²) in [4.78, 5) is 31.2. The number of amides is 2. The lowest BCUT2D eigenvalue weighted by Crippen LogP contribution is -2.26. The minimum absolute atomic E-state index is 0.0352. The Morgan fingerprint density at radius 1 is 1.18 bits per heavy atom. The molecule has 3 rings (SSSR count). The van der Waals surface area contributed by atoms with Crippen LogP contribution in [0, 0.1) is 17.8 Å². The lowest BCUT2D eigenvalue weighted by molar-refractivity contribution is 0.0974. The van der Waals surface area contributed by atoms with Crippen LogP contribution in [0.1, 0.15) is 38.8 Å². The molecule has 0 saturated carbocycles. The summed E-state index contributed by atoms with van der Waals surface area (Å²) in [5.41, 5.74) is 8.34. The molecule has 0 aliphatic carbocycles. The Bertz CT molecular complexity index is 1280. The number of nitrogens with two attached hydrogens (primary N) is 1. The van der Waals surface area contributed by atoms with Gasteiger partial charge in [-0.25, -0.2) is 4.98 Å². The van der Waals surface area contributed by atoms with Crippen LogP contribution in [0.3, 0.4) is 0 Å². The van der Waals surface area contributed by atoms with Gasteiger partial charge in [-0.3, -0.25) is 15.0 Å². The molecule has 0 unspecified atom stereocenters. The van der Waals surface area contributed by atoms with E-state index in [-0.39, 0.29) is 22.7 Å². The summed E-state index contributed by atoms with van der Waals surface area (Å²) in [7, 11) is 3.25. The van der Waals surface area contributed by atoms with Crippen molar-refractivity contribution in [2.24, 2.45) is 5.73 Å². The number of benzene rings is 2. The van der Waals surface area contributed by atoms with E-state index in [1.165, 1.54) is 13.3 Å². The predicted octanol–water partition coefficient (Wildman–Crippen LogP) is 3.37. The number of rotatable bonds is 7. The van der Waals surface area contributed by atoms with Gasteiger partial charge in [0.1, 0.15) is 17.4 Å². The molecule has 0 saturated heterocycles. The van der Waals surface area contributed by atoms with E-state index in [0.29, 0.717) is 23.5 Å². The second-order valence-electron chi connectivity index (χ2n) is 7.44. The van der Waals surface area contributed by atoms with Crippen LogP contribution in [0.4, 0.5) is 5.82 Å². The molecule has 3 aromatic rings. The van der Waals surface area contributed by atoms with Gasteiger partial charge in [-0.2, -0.15) is 0 Å². The molecule has 0 aliphatic rings. The maximum atomic E-state index is 13.1. The highest BCUT2D eigenvalue weighted by atomic mass is 16.5. The minimum atomic E-state index is -0.796. The number of primary amides is 1. The number of amidine groups is 1. The standard InChI is InChI=1S/C26H25N5O3/c1-5-16-7-12-22(29-15-16)30-26(33)20-13-19(14-21(34-4)23(20)25(28)32)17-8-10-18(11-9-17)24(27)31(3)6-2/h1,7-15,27H,6H2,2-4H3,(H2,28,32)(H,29,30,33). The number of hydrogen-bond donors (Lipinski definition) is 3. The summed E-state index contributed by atoms with van der Waals surface area (Å²) in [5.74, 6) is 1.93. The first kappa shape index (κ1) is 24.0. The van der Waals surface area contributed by atoms with Crippen molar-refractivity contribution >= 4 is 23.5 Å². The van der Waals surface area contributed by atoms with E-state index in [2.05, 4.69) is 16.2 Å². The number of carbonyl (C=O) groups is 2. The molecule has 8 heteroatoms. The van der Waals surface area contributed by atoms with Crippen LogP contribution >= 0.6 is 0 Å². The van der Waals surface area contributed by atoms with E-state index < -0.39 is 11.8 Å². The largest absolute Gasteiger partial charge is 0.496 e. The van der Waals surface area contributed by atoms with E-state index in [9.17, 15) is 9.59 Å². The third kappa shape index (κ3) is 5.05. The quantitative estimate of drug-likeness (QED) is 0.287. The Balaban J connectivity index is 2.02. The van der Waals surface area contributed by atoms with Gasteiger partial charge in [-0.15, -0.1) is 6.42 Å².